The van der Waals surface area contributed by atoms with E-state index in [4.69, 9.17) is 11.5 Å². The molecule has 5 nitrogen and oxygen atoms in total. The van der Waals surface area contributed by atoms with Crippen molar-refractivity contribution in [3.05, 3.63) is 29.8 Å². The Morgan fingerprint density at radius 1 is 1.33 bits per heavy atom. The molecule has 5 heteroatoms. The summed E-state index contributed by atoms with van der Waals surface area (Å²) in [5.41, 5.74) is 12.0. The molecule has 1 aromatic heterocycles. The van der Waals surface area contributed by atoms with E-state index in [1.54, 1.807) is 18.2 Å². The van der Waals surface area contributed by atoms with E-state index in [-0.39, 0.29) is 11.4 Å². The Bertz CT molecular complexity index is 552. The van der Waals surface area contributed by atoms with E-state index in [0.29, 0.717) is 16.6 Å². The number of carbonyl (C=O) groups is 1. The molecule has 15 heavy (non-hydrogen) atoms. The van der Waals surface area contributed by atoms with Crippen LogP contribution in [-0.2, 0) is 0 Å². The van der Waals surface area contributed by atoms with Crippen molar-refractivity contribution >= 4 is 22.5 Å². The van der Waals surface area contributed by atoms with Crippen LogP contribution in [0.4, 0.5) is 5.69 Å². The van der Waals surface area contributed by atoms with Gasteiger partial charge >= 0.3 is 0 Å². The number of pyridine rings is 1. The minimum Gasteiger partial charge on any atom is -0.493 e. The lowest BCUT2D eigenvalue weighted by Crippen LogP contribution is -2.11. The molecule has 76 valence electrons. The van der Waals surface area contributed by atoms with Crippen molar-refractivity contribution in [1.82, 2.24) is 4.98 Å². The molecule has 1 aromatic carbocycles. The maximum absolute atomic E-state index is 11.1. The summed E-state index contributed by atoms with van der Waals surface area (Å²) >= 11 is 0. The fourth-order valence-electron chi connectivity index (χ4n) is 1.43. The second-order valence-corrected chi connectivity index (χ2v) is 3.17. The topological polar surface area (TPSA) is 102 Å². The van der Waals surface area contributed by atoms with Gasteiger partial charge in [0.1, 0.15) is 0 Å². The molecule has 2 rings (SSSR count). The minimum atomic E-state index is -0.622. The number of aromatic nitrogens is 1. The number of nitrogens with two attached hydrogens (primary N) is 2. The second-order valence-electron chi connectivity index (χ2n) is 3.17. The standard InChI is InChI=1S/C10H9N3O2/c11-5-1-2-8-6(3-5)7(10(12)15)4-9(14)13-8/h1-4H,11H2,(H2,12,15)(H,13,14). The zero-order valence-corrected chi connectivity index (χ0v) is 7.77. The molecule has 5 N–H and O–H groups in total. The molecule has 0 saturated heterocycles. The minimum absolute atomic E-state index is 0.213. The average Bonchev–Trinajstić information content (AvgIpc) is 2.17. The van der Waals surface area contributed by atoms with Crippen LogP contribution < -0.4 is 11.5 Å². The van der Waals surface area contributed by atoms with Crippen LogP contribution in [0.5, 0.6) is 5.88 Å². The number of fused-ring (bicyclic) bond motifs is 1. The molecule has 0 aliphatic heterocycles. The molecule has 0 saturated carbocycles. The number of hydrogen-bond acceptors (Lipinski definition) is 4. The molecule has 0 bridgehead atoms. The summed E-state index contributed by atoms with van der Waals surface area (Å²) in [5.74, 6) is -0.857. The van der Waals surface area contributed by atoms with Crippen molar-refractivity contribution in [2.75, 3.05) is 5.73 Å². The number of nitrogen functional groups attached to an aromatic ring is 1. The van der Waals surface area contributed by atoms with E-state index in [9.17, 15) is 9.90 Å². The van der Waals surface area contributed by atoms with Crippen LogP contribution in [0.25, 0.3) is 10.9 Å². The highest BCUT2D eigenvalue weighted by Crippen LogP contribution is 2.23. The fraction of sp³-hybridized carbons (Fsp3) is 0. The first-order chi connectivity index (χ1) is 7.08. The number of aromatic hydroxyl groups is 1. The van der Waals surface area contributed by atoms with Crippen molar-refractivity contribution < 1.29 is 9.90 Å². The molecular formula is C10H9N3O2. The van der Waals surface area contributed by atoms with Gasteiger partial charge in [0.05, 0.1) is 11.1 Å². The van der Waals surface area contributed by atoms with E-state index in [0.717, 1.165) is 0 Å². The largest absolute Gasteiger partial charge is 0.493 e. The van der Waals surface area contributed by atoms with Crippen LogP contribution in [0.2, 0.25) is 0 Å². The average molecular weight is 203 g/mol. The summed E-state index contributed by atoms with van der Waals surface area (Å²) in [7, 11) is 0. The zero-order valence-electron chi connectivity index (χ0n) is 7.77. The summed E-state index contributed by atoms with van der Waals surface area (Å²) in [6.07, 6.45) is 0. The number of carbonyl (C=O) groups excluding carboxylic acids is 1. The molecular weight excluding hydrogens is 194 g/mol. The zero-order chi connectivity index (χ0) is 11.0. The molecule has 0 atom stereocenters. The van der Waals surface area contributed by atoms with Gasteiger partial charge in [-0.15, -0.1) is 0 Å². The van der Waals surface area contributed by atoms with Crippen LogP contribution >= 0.6 is 0 Å². The van der Waals surface area contributed by atoms with Crippen molar-refractivity contribution in [1.29, 1.82) is 0 Å². The smallest absolute Gasteiger partial charge is 0.249 e. The number of amides is 1. The monoisotopic (exact) mass is 203 g/mol. The number of hydrogen-bond donors (Lipinski definition) is 3. The first-order valence-corrected chi connectivity index (χ1v) is 4.27. The molecule has 0 fully saturated rings. The maximum atomic E-state index is 11.1. The second kappa shape index (κ2) is 3.13. The van der Waals surface area contributed by atoms with Gasteiger partial charge in [-0.25, -0.2) is 4.98 Å². The Kier molecular flexibility index (Phi) is 1.93. The fourth-order valence-corrected chi connectivity index (χ4v) is 1.43. The van der Waals surface area contributed by atoms with Gasteiger partial charge in [-0.2, -0.15) is 0 Å². The molecule has 0 spiro atoms. The van der Waals surface area contributed by atoms with Gasteiger partial charge in [-0.1, -0.05) is 0 Å². The molecule has 0 aliphatic carbocycles. The van der Waals surface area contributed by atoms with Gasteiger partial charge in [0, 0.05) is 17.1 Å². The lowest BCUT2D eigenvalue weighted by atomic mass is 10.1. The van der Waals surface area contributed by atoms with Crippen LogP contribution in [0.1, 0.15) is 10.4 Å². The van der Waals surface area contributed by atoms with E-state index in [1.807, 2.05) is 0 Å². The Morgan fingerprint density at radius 3 is 2.73 bits per heavy atom. The van der Waals surface area contributed by atoms with Crippen LogP contribution in [-0.4, -0.2) is 16.0 Å². The summed E-state index contributed by atoms with van der Waals surface area (Å²) in [5, 5.41) is 9.82. The first kappa shape index (κ1) is 9.26. The molecule has 2 aromatic rings. The Labute approximate surface area is 85.3 Å². The molecule has 0 radical (unpaired) electrons. The molecule has 0 aliphatic rings. The van der Waals surface area contributed by atoms with Crippen molar-refractivity contribution in [3.63, 3.8) is 0 Å². The van der Waals surface area contributed by atoms with Gasteiger partial charge < -0.3 is 16.6 Å². The van der Waals surface area contributed by atoms with Gasteiger partial charge in [-0.05, 0) is 18.2 Å². The summed E-state index contributed by atoms with van der Waals surface area (Å²) in [4.78, 5) is 15.0. The third-order valence-electron chi connectivity index (χ3n) is 2.08. The summed E-state index contributed by atoms with van der Waals surface area (Å²) < 4.78 is 0. The maximum Gasteiger partial charge on any atom is 0.249 e. The van der Waals surface area contributed by atoms with Gasteiger partial charge in [-0.3, -0.25) is 4.79 Å². The van der Waals surface area contributed by atoms with Gasteiger partial charge in [0.25, 0.3) is 0 Å². The lowest BCUT2D eigenvalue weighted by molar-refractivity contribution is 0.100. The van der Waals surface area contributed by atoms with Gasteiger partial charge in [0.2, 0.25) is 11.8 Å². The number of rotatable bonds is 1. The van der Waals surface area contributed by atoms with Crippen LogP contribution in [0.3, 0.4) is 0 Å². The highest BCUT2D eigenvalue weighted by atomic mass is 16.3. The Morgan fingerprint density at radius 2 is 2.07 bits per heavy atom. The van der Waals surface area contributed by atoms with Crippen molar-refractivity contribution in [3.8, 4) is 5.88 Å². The van der Waals surface area contributed by atoms with Crippen molar-refractivity contribution in [2.45, 2.75) is 0 Å². The Hall–Kier alpha value is -2.30. The first-order valence-electron chi connectivity index (χ1n) is 4.27. The van der Waals surface area contributed by atoms with E-state index in [1.165, 1.54) is 6.07 Å². The number of benzene rings is 1. The van der Waals surface area contributed by atoms with Crippen molar-refractivity contribution in [2.24, 2.45) is 5.73 Å². The van der Waals surface area contributed by atoms with E-state index >= 15 is 0 Å². The number of anilines is 1. The highest BCUT2D eigenvalue weighted by Gasteiger charge is 2.09. The number of nitrogens with zero attached hydrogens (tertiary/aromatic N) is 1. The van der Waals surface area contributed by atoms with Crippen LogP contribution in [0.15, 0.2) is 24.3 Å². The third kappa shape index (κ3) is 1.54. The van der Waals surface area contributed by atoms with E-state index in [2.05, 4.69) is 4.98 Å². The normalized spacial score (nSPS) is 10.4. The van der Waals surface area contributed by atoms with Gasteiger partial charge in [0.15, 0.2) is 0 Å². The SMILES string of the molecule is NC(=O)c1cc(O)nc2ccc(N)cc12. The lowest BCUT2D eigenvalue weighted by Gasteiger charge is -2.04. The predicted octanol–water partition coefficient (Wildman–Crippen LogP) is 0.622. The predicted molar refractivity (Wildman–Crippen MR) is 56.3 cm³/mol. The Balaban J connectivity index is 2.87. The molecule has 1 amide bonds. The summed E-state index contributed by atoms with van der Waals surface area (Å²) in [6.45, 7) is 0. The summed E-state index contributed by atoms with van der Waals surface area (Å²) in [6, 6.07) is 6.09. The van der Waals surface area contributed by atoms with E-state index < -0.39 is 5.91 Å². The quantitative estimate of drug-likeness (QED) is 0.591. The number of primary amides is 1. The molecule has 1 heterocycles. The van der Waals surface area contributed by atoms with Crippen LogP contribution in [0, 0.1) is 0 Å². The molecule has 0 unspecified atom stereocenters. The highest BCUT2D eigenvalue weighted by molar-refractivity contribution is 6.06. The third-order valence-corrected chi connectivity index (χ3v) is 2.08.